The predicted molar refractivity (Wildman–Crippen MR) is 69.6 cm³/mol. The Morgan fingerprint density at radius 2 is 2.12 bits per heavy atom. The van der Waals surface area contributed by atoms with Gasteiger partial charge in [-0.05, 0) is 18.2 Å². The van der Waals surface area contributed by atoms with E-state index in [-0.39, 0.29) is 0 Å². The summed E-state index contributed by atoms with van der Waals surface area (Å²) in [5.74, 6) is 0.381. The highest BCUT2D eigenvalue weighted by atomic mass is 32.1. The van der Waals surface area contributed by atoms with Crippen molar-refractivity contribution >= 4 is 21.4 Å². The average Bonchev–Trinajstić information content (AvgIpc) is 2.74. The molecule has 1 aliphatic heterocycles. The van der Waals surface area contributed by atoms with Gasteiger partial charge in [0.15, 0.2) is 0 Å². The molecule has 0 aliphatic carbocycles. The minimum Gasteiger partial charge on any atom is -0.507 e. The molecule has 0 bridgehead atoms. The number of benzene rings is 1. The largest absolute Gasteiger partial charge is 0.507 e. The van der Waals surface area contributed by atoms with Crippen LogP contribution in [0.4, 0.5) is 0 Å². The standard InChI is InChI=1S/C13H15NO2S/c15-12-2-1-3-13-11(12)8-10(17-13)9-14-4-6-16-7-5-14/h1-3,8,15H,4-7,9H2. The lowest BCUT2D eigenvalue weighted by Gasteiger charge is -2.25. The molecule has 0 amide bonds. The molecule has 1 N–H and O–H groups in total. The van der Waals surface area contributed by atoms with Gasteiger partial charge in [-0.1, -0.05) is 6.07 Å². The quantitative estimate of drug-likeness (QED) is 0.887. The van der Waals surface area contributed by atoms with Crippen molar-refractivity contribution in [2.45, 2.75) is 6.54 Å². The van der Waals surface area contributed by atoms with Gasteiger partial charge in [0.1, 0.15) is 5.75 Å². The number of rotatable bonds is 2. The molecule has 1 aliphatic rings. The Morgan fingerprint density at radius 1 is 1.29 bits per heavy atom. The number of fused-ring (bicyclic) bond motifs is 1. The summed E-state index contributed by atoms with van der Waals surface area (Å²) in [5.41, 5.74) is 0. The maximum Gasteiger partial charge on any atom is 0.124 e. The SMILES string of the molecule is Oc1cccc2sc(CN3CCOCC3)cc12. The van der Waals surface area contributed by atoms with Crippen molar-refractivity contribution in [3.8, 4) is 5.75 Å². The van der Waals surface area contributed by atoms with Crippen molar-refractivity contribution in [1.82, 2.24) is 4.90 Å². The van der Waals surface area contributed by atoms with Crippen LogP contribution in [-0.2, 0) is 11.3 Å². The molecule has 0 saturated carbocycles. The maximum atomic E-state index is 9.76. The minimum atomic E-state index is 0.381. The molecule has 2 heterocycles. The van der Waals surface area contributed by atoms with Crippen LogP contribution in [0.5, 0.6) is 5.75 Å². The number of aromatic hydroxyl groups is 1. The molecule has 0 radical (unpaired) electrons. The van der Waals surface area contributed by atoms with Crippen LogP contribution < -0.4 is 0 Å². The van der Waals surface area contributed by atoms with Crippen LogP contribution in [0.3, 0.4) is 0 Å². The van der Waals surface area contributed by atoms with Crippen molar-refractivity contribution < 1.29 is 9.84 Å². The van der Waals surface area contributed by atoms with Crippen molar-refractivity contribution in [3.05, 3.63) is 29.1 Å². The summed E-state index contributed by atoms with van der Waals surface area (Å²) in [6, 6.07) is 7.80. The molecule has 3 nitrogen and oxygen atoms in total. The van der Waals surface area contributed by atoms with Crippen molar-refractivity contribution in [2.24, 2.45) is 0 Å². The highest BCUT2D eigenvalue weighted by Gasteiger charge is 2.13. The van der Waals surface area contributed by atoms with E-state index in [1.807, 2.05) is 6.07 Å². The Morgan fingerprint density at radius 3 is 2.88 bits per heavy atom. The fraction of sp³-hybridized carbons (Fsp3) is 0.385. The Labute approximate surface area is 104 Å². The van der Waals surface area contributed by atoms with Crippen LogP contribution >= 0.6 is 11.3 Å². The third-order valence-electron chi connectivity index (χ3n) is 3.07. The van der Waals surface area contributed by atoms with Gasteiger partial charge >= 0.3 is 0 Å². The zero-order chi connectivity index (χ0) is 11.7. The lowest BCUT2D eigenvalue weighted by atomic mass is 10.2. The summed E-state index contributed by atoms with van der Waals surface area (Å²) in [7, 11) is 0. The molecule has 1 aromatic heterocycles. The smallest absolute Gasteiger partial charge is 0.124 e. The first-order valence-electron chi connectivity index (χ1n) is 5.83. The highest BCUT2D eigenvalue weighted by molar-refractivity contribution is 7.19. The van der Waals surface area contributed by atoms with E-state index >= 15 is 0 Å². The summed E-state index contributed by atoms with van der Waals surface area (Å²) in [6.07, 6.45) is 0. The molecule has 0 unspecified atom stereocenters. The average molecular weight is 249 g/mol. The van der Waals surface area contributed by atoms with Gasteiger partial charge < -0.3 is 9.84 Å². The van der Waals surface area contributed by atoms with Gasteiger partial charge in [0.2, 0.25) is 0 Å². The first kappa shape index (κ1) is 11.0. The molecule has 90 valence electrons. The molecule has 0 spiro atoms. The molecule has 17 heavy (non-hydrogen) atoms. The zero-order valence-electron chi connectivity index (χ0n) is 9.56. The maximum absolute atomic E-state index is 9.76. The first-order valence-corrected chi connectivity index (χ1v) is 6.65. The Bertz CT molecular complexity index is 517. The van der Waals surface area contributed by atoms with Crippen molar-refractivity contribution in [1.29, 1.82) is 0 Å². The highest BCUT2D eigenvalue weighted by Crippen LogP contribution is 2.32. The van der Waals surface area contributed by atoms with Gasteiger partial charge in [-0.3, -0.25) is 4.90 Å². The normalized spacial score (nSPS) is 17.6. The van der Waals surface area contributed by atoms with E-state index in [9.17, 15) is 5.11 Å². The lowest BCUT2D eigenvalue weighted by molar-refractivity contribution is 0.0346. The summed E-state index contributed by atoms with van der Waals surface area (Å²) in [4.78, 5) is 3.70. The van der Waals surface area contributed by atoms with Gasteiger partial charge in [0.05, 0.1) is 13.2 Å². The number of phenols is 1. The summed E-state index contributed by atoms with van der Waals surface area (Å²) in [6.45, 7) is 4.62. The van der Waals surface area contributed by atoms with E-state index < -0.39 is 0 Å². The van der Waals surface area contributed by atoms with E-state index in [2.05, 4.69) is 17.0 Å². The number of phenolic OH excluding ortho intramolecular Hbond substituents is 1. The number of nitrogens with zero attached hydrogens (tertiary/aromatic N) is 1. The second kappa shape index (κ2) is 4.64. The van der Waals surface area contributed by atoms with E-state index in [4.69, 9.17) is 4.74 Å². The van der Waals surface area contributed by atoms with E-state index in [1.54, 1.807) is 17.4 Å². The van der Waals surface area contributed by atoms with Crippen LogP contribution in [0.25, 0.3) is 10.1 Å². The van der Waals surface area contributed by atoms with Crippen molar-refractivity contribution in [3.63, 3.8) is 0 Å². The molecule has 1 fully saturated rings. The van der Waals surface area contributed by atoms with Crippen LogP contribution in [-0.4, -0.2) is 36.3 Å². The molecular formula is C13H15NO2S. The van der Waals surface area contributed by atoms with Crippen LogP contribution in [0.2, 0.25) is 0 Å². The van der Waals surface area contributed by atoms with Gasteiger partial charge in [-0.25, -0.2) is 0 Å². The second-order valence-corrected chi connectivity index (χ2v) is 5.46. The minimum absolute atomic E-state index is 0.381. The van der Waals surface area contributed by atoms with Gasteiger partial charge in [-0.2, -0.15) is 0 Å². The second-order valence-electron chi connectivity index (χ2n) is 4.29. The number of hydrogen-bond acceptors (Lipinski definition) is 4. The number of hydrogen-bond donors (Lipinski definition) is 1. The van der Waals surface area contributed by atoms with E-state index in [0.29, 0.717) is 5.75 Å². The van der Waals surface area contributed by atoms with Gasteiger partial charge in [0.25, 0.3) is 0 Å². The number of morpholine rings is 1. The third-order valence-corrected chi connectivity index (χ3v) is 4.16. The van der Waals surface area contributed by atoms with Crippen LogP contribution in [0.1, 0.15) is 4.88 Å². The van der Waals surface area contributed by atoms with Crippen molar-refractivity contribution in [2.75, 3.05) is 26.3 Å². The molecule has 1 saturated heterocycles. The molecular weight excluding hydrogens is 234 g/mol. The Balaban J connectivity index is 1.83. The topological polar surface area (TPSA) is 32.7 Å². The molecule has 3 rings (SSSR count). The van der Waals surface area contributed by atoms with Gasteiger partial charge in [-0.15, -0.1) is 11.3 Å². The molecule has 0 atom stereocenters. The van der Waals surface area contributed by atoms with Crippen LogP contribution in [0, 0.1) is 0 Å². The monoisotopic (exact) mass is 249 g/mol. The predicted octanol–water partition coefficient (Wildman–Crippen LogP) is 2.44. The number of thiophene rings is 1. The molecule has 4 heteroatoms. The third kappa shape index (κ3) is 2.29. The fourth-order valence-electron chi connectivity index (χ4n) is 2.16. The Kier molecular flexibility index (Phi) is 3.01. The summed E-state index contributed by atoms with van der Waals surface area (Å²) in [5, 5.41) is 10.7. The molecule has 1 aromatic carbocycles. The van der Waals surface area contributed by atoms with E-state index in [0.717, 1.165) is 42.9 Å². The zero-order valence-corrected chi connectivity index (χ0v) is 10.4. The number of ether oxygens (including phenoxy) is 1. The first-order chi connectivity index (χ1) is 8.33. The summed E-state index contributed by atoms with van der Waals surface area (Å²) >= 11 is 1.76. The van der Waals surface area contributed by atoms with Gasteiger partial charge in [0, 0.05) is 34.6 Å². The summed E-state index contributed by atoms with van der Waals surface area (Å²) < 4.78 is 6.50. The van der Waals surface area contributed by atoms with Crippen LogP contribution in [0.15, 0.2) is 24.3 Å². The van der Waals surface area contributed by atoms with E-state index in [1.165, 1.54) is 4.88 Å². The fourth-order valence-corrected chi connectivity index (χ4v) is 3.28. The Hall–Kier alpha value is -1.10. The lowest BCUT2D eigenvalue weighted by Crippen LogP contribution is -2.35. The molecule has 2 aromatic rings.